The van der Waals surface area contributed by atoms with Gasteiger partial charge in [0.05, 0.1) is 6.26 Å². The van der Waals surface area contributed by atoms with Gasteiger partial charge in [0.25, 0.3) is 0 Å². The number of hydrogen-bond acceptors (Lipinski definition) is 3. The van der Waals surface area contributed by atoms with Crippen molar-refractivity contribution in [2.24, 2.45) is 0 Å². The van der Waals surface area contributed by atoms with E-state index in [1.807, 2.05) is 25.1 Å². The summed E-state index contributed by atoms with van der Waals surface area (Å²) in [7, 11) is 0. The third kappa shape index (κ3) is 3.35. The largest absolute Gasteiger partial charge is 0.467 e. The second-order valence-corrected chi connectivity index (χ2v) is 4.65. The van der Waals surface area contributed by atoms with Crippen molar-refractivity contribution in [1.82, 2.24) is 5.32 Å². The zero-order valence-electron chi connectivity index (χ0n) is 10.2. The minimum atomic E-state index is -0.617. The lowest BCUT2D eigenvalue weighted by molar-refractivity contribution is 0.147. The van der Waals surface area contributed by atoms with Gasteiger partial charge in [-0.05, 0) is 36.2 Å². The number of aliphatic hydroxyl groups is 1. The molecule has 1 heterocycles. The van der Waals surface area contributed by atoms with E-state index in [0.29, 0.717) is 18.8 Å². The summed E-state index contributed by atoms with van der Waals surface area (Å²) in [6.45, 7) is 3.12. The highest BCUT2D eigenvalue weighted by molar-refractivity contribution is 6.31. The van der Waals surface area contributed by atoms with Gasteiger partial charge in [0.2, 0.25) is 0 Å². The lowest BCUT2D eigenvalue weighted by atomic mass is 10.1. The van der Waals surface area contributed by atoms with E-state index in [2.05, 4.69) is 5.32 Å². The van der Waals surface area contributed by atoms with Gasteiger partial charge in [0.15, 0.2) is 0 Å². The predicted molar refractivity (Wildman–Crippen MR) is 71.6 cm³/mol. The number of halogens is 1. The van der Waals surface area contributed by atoms with Gasteiger partial charge in [-0.15, -0.1) is 0 Å². The van der Waals surface area contributed by atoms with Gasteiger partial charge in [0.1, 0.15) is 11.9 Å². The van der Waals surface area contributed by atoms with Gasteiger partial charge in [-0.3, -0.25) is 0 Å². The number of furan rings is 1. The molecule has 2 aromatic rings. The minimum absolute atomic E-state index is 0.454. The summed E-state index contributed by atoms with van der Waals surface area (Å²) >= 11 is 5.96. The molecule has 0 saturated heterocycles. The van der Waals surface area contributed by atoms with Crippen molar-refractivity contribution < 1.29 is 9.52 Å². The first-order chi connectivity index (χ1) is 8.66. The molecule has 4 heteroatoms. The van der Waals surface area contributed by atoms with Crippen LogP contribution in [0.25, 0.3) is 0 Å². The van der Waals surface area contributed by atoms with Crippen molar-refractivity contribution in [3.05, 3.63) is 58.5 Å². The summed E-state index contributed by atoms with van der Waals surface area (Å²) in [4.78, 5) is 0. The Hall–Kier alpha value is -1.29. The highest BCUT2D eigenvalue weighted by atomic mass is 35.5. The second kappa shape index (κ2) is 6.05. The molecular formula is C14H16ClNO2. The highest BCUT2D eigenvalue weighted by Crippen LogP contribution is 2.16. The summed E-state index contributed by atoms with van der Waals surface area (Å²) in [6.07, 6.45) is 0.939. The molecule has 1 aromatic heterocycles. The van der Waals surface area contributed by atoms with Gasteiger partial charge in [-0.25, -0.2) is 0 Å². The van der Waals surface area contributed by atoms with Crippen molar-refractivity contribution in [1.29, 1.82) is 0 Å². The average molecular weight is 266 g/mol. The van der Waals surface area contributed by atoms with Crippen molar-refractivity contribution in [3.8, 4) is 0 Å². The van der Waals surface area contributed by atoms with E-state index in [9.17, 15) is 5.11 Å². The number of aryl methyl sites for hydroxylation is 1. The predicted octanol–water partition coefficient (Wildman–Crippen LogP) is 3.06. The zero-order chi connectivity index (χ0) is 13.0. The normalized spacial score (nSPS) is 12.6. The Morgan fingerprint density at radius 2 is 2.22 bits per heavy atom. The van der Waals surface area contributed by atoms with Gasteiger partial charge in [-0.1, -0.05) is 23.7 Å². The molecule has 0 fully saturated rings. The zero-order valence-corrected chi connectivity index (χ0v) is 10.9. The fraction of sp³-hybridized carbons (Fsp3) is 0.286. The molecule has 1 unspecified atom stereocenters. The van der Waals surface area contributed by atoms with E-state index in [1.54, 1.807) is 18.4 Å². The molecule has 0 saturated carbocycles. The Labute approximate surface area is 111 Å². The van der Waals surface area contributed by atoms with Gasteiger partial charge in [-0.2, -0.15) is 0 Å². The molecule has 0 amide bonds. The van der Waals surface area contributed by atoms with Crippen molar-refractivity contribution >= 4 is 11.6 Å². The highest BCUT2D eigenvalue weighted by Gasteiger charge is 2.09. The van der Waals surface area contributed by atoms with E-state index >= 15 is 0 Å². The fourth-order valence-corrected chi connectivity index (χ4v) is 1.87. The van der Waals surface area contributed by atoms with Crippen LogP contribution in [0.4, 0.5) is 0 Å². The summed E-state index contributed by atoms with van der Waals surface area (Å²) in [5.74, 6) is 0.579. The van der Waals surface area contributed by atoms with Crippen LogP contribution >= 0.6 is 11.6 Å². The Balaban J connectivity index is 1.83. The molecule has 18 heavy (non-hydrogen) atoms. The van der Waals surface area contributed by atoms with Gasteiger partial charge >= 0.3 is 0 Å². The molecule has 1 atom stereocenters. The first kappa shape index (κ1) is 13.1. The molecule has 0 bridgehead atoms. The maximum atomic E-state index is 9.81. The number of rotatable bonds is 5. The summed E-state index contributed by atoms with van der Waals surface area (Å²) < 4.78 is 5.13. The molecule has 2 N–H and O–H groups in total. The quantitative estimate of drug-likeness (QED) is 0.873. The lowest BCUT2D eigenvalue weighted by Gasteiger charge is -2.10. The number of hydrogen-bond donors (Lipinski definition) is 2. The lowest BCUT2D eigenvalue weighted by Crippen LogP contribution is -2.20. The van der Waals surface area contributed by atoms with Crippen molar-refractivity contribution in [2.75, 3.05) is 6.54 Å². The number of nitrogens with one attached hydrogen (secondary N) is 1. The standard InChI is InChI=1S/C14H16ClNO2/c1-10-7-11(4-5-12(10)15)8-16-9-13(17)14-3-2-6-18-14/h2-7,13,16-17H,8-9H2,1H3. The Morgan fingerprint density at radius 1 is 1.39 bits per heavy atom. The SMILES string of the molecule is Cc1cc(CNCC(O)c2ccco2)ccc1Cl. The average Bonchev–Trinajstić information content (AvgIpc) is 2.87. The van der Waals surface area contributed by atoms with E-state index < -0.39 is 6.10 Å². The third-order valence-electron chi connectivity index (χ3n) is 2.76. The summed E-state index contributed by atoms with van der Waals surface area (Å²) in [6, 6.07) is 9.42. The first-order valence-corrected chi connectivity index (χ1v) is 6.22. The molecular weight excluding hydrogens is 250 g/mol. The van der Waals surface area contributed by atoms with Crippen LogP contribution in [0.15, 0.2) is 41.0 Å². The van der Waals surface area contributed by atoms with E-state index in [4.69, 9.17) is 16.0 Å². The molecule has 0 aliphatic rings. The van der Waals surface area contributed by atoms with Crippen LogP contribution in [0.1, 0.15) is 23.0 Å². The Morgan fingerprint density at radius 3 is 2.89 bits per heavy atom. The monoisotopic (exact) mass is 265 g/mol. The minimum Gasteiger partial charge on any atom is -0.467 e. The smallest absolute Gasteiger partial charge is 0.133 e. The first-order valence-electron chi connectivity index (χ1n) is 5.84. The van der Waals surface area contributed by atoms with Crippen molar-refractivity contribution in [2.45, 2.75) is 19.6 Å². The van der Waals surface area contributed by atoms with Crippen LogP contribution < -0.4 is 5.32 Å². The van der Waals surface area contributed by atoms with Gasteiger partial charge in [0, 0.05) is 18.1 Å². The van der Waals surface area contributed by atoms with Crippen LogP contribution in [-0.4, -0.2) is 11.7 Å². The van der Waals surface area contributed by atoms with E-state index in [-0.39, 0.29) is 0 Å². The van der Waals surface area contributed by atoms with Gasteiger partial charge < -0.3 is 14.8 Å². The number of benzene rings is 1. The maximum absolute atomic E-state index is 9.81. The Kier molecular flexibility index (Phi) is 4.42. The fourth-order valence-electron chi connectivity index (χ4n) is 1.75. The van der Waals surface area contributed by atoms with Crippen molar-refractivity contribution in [3.63, 3.8) is 0 Å². The molecule has 0 aliphatic carbocycles. The summed E-state index contributed by atoms with van der Waals surface area (Å²) in [5.41, 5.74) is 2.20. The van der Waals surface area contributed by atoms with E-state index in [1.165, 1.54) is 0 Å². The Bertz CT molecular complexity index is 497. The van der Waals surface area contributed by atoms with Crippen LogP contribution in [0.3, 0.4) is 0 Å². The molecule has 0 spiro atoms. The third-order valence-corrected chi connectivity index (χ3v) is 3.18. The van der Waals surface area contributed by atoms with Crippen LogP contribution in [0.2, 0.25) is 5.02 Å². The molecule has 3 nitrogen and oxygen atoms in total. The molecule has 2 rings (SSSR count). The molecule has 96 valence electrons. The van der Waals surface area contributed by atoms with Crippen LogP contribution in [0.5, 0.6) is 0 Å². The molecule has 1 aromatic carbocycles. The molecule has 0 radical (unpaired) electrons. The number of aliphatic hydroxyl groups excluding tert-OH is 1. The van der Waals surface area contributed by atoms with Crippen LogP contribution in [0, 0.1) is 6.92 Å². The second-order valence-electron chi connectivity index (χ2n) is 4.25. The van der Waals surface area contributed by atoms with E-state index in [0.717, 1.165) is 16.1 Å². The van der Waals surface area contributed by atoms with Crippen LogP contribution in [-0.2, 0) is 6.54 Å². The summed E-state index contributed by atoms with van der Waals surface area (Å²) in [5, 5.41) is 13.8. The topological polar surface area (TPSA) is 45.4 Å². The molecule has 0 aliphatic heterocycles. The maximum Gasteiger partial charge on any atom is 0.133 e.